The summed E-state index contributed by atoms with van der Waals surface area (Å²) in [6, 6.07) is -0.0820. The second kappa shape index (κ2) is 4.04. The molecule has 0 radical (unpaired) electrons. The molecule has 0 spiro atoms. The van der Waals surface area contributed by atoms with Gasteiger partial charge >= 0.3 is 0 Å². The highest BCUT2D eigenvalue weighted by Gasteiger charge is 2.31. The molecule has 7 nitrogen and oxygen atoms in total. The number of nitrogen functional groups attached to an aromatic ring is 1. The van der Waals surface area contributed by atoms with Gasteiger partial charge in [0.15, 0.2) is 11.5 Å². The Morgan fingerprint density at radius 3 is 3.06 bits per heavy atom. The number of aromatic nitrogens is 4. The van der Waals surface area contributed by atoms with Gasteiger partial charge in [-0.3, -0.25) is 0 Å². The van der Waals surface area contributed by atoms with E-state index in [1.165, 1.54) is 6.33 Å². The van der Waals surface area contributed by atoms with Gasteiger partial charge < -0.3 is 20.1 Å². The summed E-state index contributed by atoms with van der Waals surface area (Å²) in [6.45, 7) is 4.34. The first-order valence-electron chi connectivity index (χ1n) is 5.56. The first-order chi connectivity index (χ1) is 8.72. The van der Waals surface area contributed by atoms with Crippen molar-refractivity contribution in [2.24, 2.45) is 0 Å². The van der Waals surface area contributed by atoms with Gasteiger partial charge in [-0.25, -0.2) is 15.0 Å². The monoisotopic (exact) mass is 247 g/mol. The fraction of sp³-hybridized carbons (Fsp3) is 0.364. The van der Waals surface area contributed by atoms with Gasteiger partial charge in [-0.2, -0.15) is 0 Å². The van der Waals surface area contributed by atoms with Crippen LogP contribution in [0, 0.1) is 0 Å². The van der Waals surface area contributed by atoms with Crippen molar-refractivity contribution < 1.29 is 9.84 Å². The van der Waals surface area contributed by atoms with Gasteiger partial charge in [0.2, 0.25) is 0 Å². The van der Waals surface area contributed by atoms with Crippen LogP contribution in [0.2, 0.25) is 0 Å². The average Bonchev–Trinajstić information content (AvgIpc) is 2.93. The summed E-state index contributed by atoms with van der Waals surface area (Å²) in [5.41, 5.74) is 7.77. The maximum Gasteiger partial charge on any atom is 0.166 e. The Balaban J connectivity index is 2.06. The van der Waals surface area contributed by atoms with Crippen molar-refractivity contribution in [3.8, 4) is 0 Å². The third-order valence-corrected chi connectivity index (χ3v) is 3.19. The van der Waals surface area contributed by atoms with E-state index in [0.29, 0.717) is 23.6 Å². The quantitative estimate of drug-likeness (QED) is 0.719. The fourth-order valence-electron chi connectivity index (χ4n) is 2.16. The largest absolute Gasteiger partial charge is 0.393 e. The molecule has 2 aromatic heterocycles. The maximum atomic E-state index is 9.15. The smallest absolute Gasteiger partial charge is 0.166 e. The highest BCUT2D eigenvalue weighted by molar-refractivity contribution is 5.81. The zero-order chi connectivity index (χ0) is 12.7. The molecule has 0 aromatic carbocycles. The van der Waals surface area contributed by atoms with E-state index < -0.39 is 0 Å². The Hall–Kier alpha value is -1.99. The van der Waals surface area contributed by atoms with Crippen LogP contribution in [0.5, 0.6) is 0 Å². The number of aliphatic hydroxyl groups is 1. The number of fused-ring (bicyclic) bond motifs is 1. The van der Waals surface area contributed by atoms with E-state index in [-0.39, 0.29) is 18.8 Å². The van der Waals surface area contributed by atoms with Gasteiger partial charge in [0.25, 0.3) is 0 Å². The molecule has 3 heterocycles. The molecule has 0 unspecified atom stereocenters. The first kappa shape index (κ1) is 11.1. The SMILES string of the molecule is C=C1[C@H](n2cnc3c(N)ncnc32)CO[C@@H]1CO. The third-order valence-electron chi connectivity index (χ3n) is 3.19. The normalized spacial score (nSPS) is 23.9. The molecule has 1 saturated heterocycles. The average molecular weight is 247 g/mol. The van der Waals surface area contributed by atoms with Crippen molar-refractivity contribution in [2.75, 3.05) is 18.9 Å². The molecular formula is C11H13N5O2. The van der Waals surface area contributed by atoms with E-state index in [0.717, 1.165) is 5.57 Å². The lowest BCUT2D eigenvalue weighted by molar-refractivity contribution is 0.0689. The number of imidazole rings is 1. The Morgan fingerprint density at radius 2 is 2.33 bits per heavy atom. The van der Waals surface area contributed by atoms with E-state index >= 15 is 0 Å². The second-order valence-corrected chi connectivity index (χ2v) is 4.18. The third kappa shape index (κ3) is 1.48. The van der Waals surface area contributed by atoms with Gasteiger partial charge in [0.05, 0.1) is 25.6 Å². The van der Waals surface area contributed by atoms with Crippen LogP contribution in [0.3, 0.4) is 0 Å². The number of nitrogens with zero attached hydrogens (tertiary/aromatic N) is 4. The molecule has 1 aliphatic rings. The van der Waals surface area contributed by atoms with Crippen LogP contribution in [0.25, 0.3) is 11.2 Å². The predicted molar refractivity (Wildman–Crippen MR) is 64.7 cm³/mol. The van der Waals surface area contributed by atoms with Gasteiger partial charge in [-0.1, -0.05) is 6.58 Å². The van der Waals surface area contributed by atoms with Gasteiger partial charge in [0, 0.05) is 0 Å². The maximum absolute atomic E-state index is 9.15. The lowest BCUT2D eigenvalue weighted by Gasteiger charge is -2.13. The van der Waals surface area contributed by atoms with Gasteiger partial charge in [0.1, 0.15) is 17.9 Å². The zero-order valence-corrected chi connectivity index (χ0v) is 9.65. The van der Waals surface area contributed by atoms with E-state index in [9.17, 15) is 0 Å². The molecule has 0 aliphatic carbocycles. The summed E-state index contributed by atoms with van der Waals surface area (Å²) in [7, 11) is 0. The Bertz CT molecular complexity index is 608. The summed E-state index contributed by atoms with van der Waals surface area (Å²) in [6.07, 6.45) is 2.72. The van der Waals surface area contributed by atoms with Crippen LogP contribution in [0.1, 0.15) is 6.04 Å². The minimum Gasteiger partial charge on any atom is -0.393 e. The number of nitrogens with two attached hydrogens (primary N) is 1. The van der Waals surface area contributed by atoms with E-state index in [2.05, 4.69) is 21.5 Å². The summed E-state index contributed by atoms with van der Waals surface area (Å²) in [5, 5.41) is 9.15. The number of hydrogen-bond acceptors (Lipinski definition) is 6. The standard InChI is InChI=1S/C11H13N5O2/c1-6-7(3-18-8(6)2-17)16-5-15-9-10(12)13-4-14-11(9)16/h4-5,7-8,17H,1-3H2,(H2,12,13,14)/t7-,8-/m1/s1. The molecule has 1 fully saturated rings. The molecule has 0 saturated carbocycles. The highest BCUT2D eigenvalue weighted by Crippen LogP contribution is 2.31. The number of anilines is 1. The molecule has 18 heavy (non-hydrogen) atoms. The number of aliphatic hydroxyl groups excluding tert-OH is 1. The van der Waals surface area contributed by atoms with Crippen LogP contribution >= 0.6 is 0 Å². The lowest BCUT2D eigenvalue weighted by atomic mass is 10.1. The van der Waals surface area contributed by atoms with Gasteiger partial charge in [-0.05, 0) is 5.57 Å². The zero-order valence-electron chi connectivity index (χ0n) is 9.65. The molecular weight excluding hydrogens is 234 g/mol. The molecule has 3 rings (SSSR count). The van der Waals surface area contributed by atoms with Crippen molar-refractivity contribution in [2.45, 2.75) is 12.1 Å². The van der Waals surface area contributed by atoms with Crippen LogP contribution in [-0.4, -0.2) is 43.9 Å². The number of hydrogen-bond donors (Lipinski definition) is 2. The Kier molecular flexibility index (Phi) is 2.49. The Morgan fingerprint density at radius 1 is 1.50 bits per heavy atom. The summed E-state index contributed by atoms with van der Waals surface area (Å²) in [5.74, 6) is 0.349. The van der Waals surface area contributed by atoms with Gasteiger partial charge in [-0.15, -0.1) is 0 Å². The van der Waals surface area contributed by atoms with Crippen molar-refractivity contribution in [1.29, 1.82) is 0 Å². The number of ether oxygens (including phenoxy) is 1. The molecule has 2 aromatic rings. The minimum atomic E-state index is -0.327. The molecule has 1 aliphatic heterocycles. The molecule has 2 atom stereocenters. The topological polar surface area (TPSA) is 99.1 Å². The first-order valence-corrected chi connectivity index (χ1v) is 5.56. The second-order valence-electron chi connectivity index (χ2n) is 4.18. The molecule has 94 valence electrons. The minimum absolute atomic E-state index is 0.0704. The molecule has 7 heteroatoms. The van der Waals surface area contributed by atoms with Crippen LogP contribution in [0.15, 0.2) is 24.8 Å². The molecule has 3 N–H and O–H groups in total. The Labute approximate surface area is 103 Å². The lowest BCUT2D eigenvalue weighted by Crippen LogP contribution is -2.15. The van der Waals surface area contributed by atoms with Crippen molar-refractivity contribution in [1.82, 2.24) is 19.5 Å². The van der Waals surface area contributed by atoms with Crippen LogP contribution < -0.4 is 5.73 Å². The summed E-state index contributed by atoms with van der Waals surface area (Å²) < 4.78 is 7.31. The van der Waals surface area contributed by atoms with E-state index in [1.807, 2.05) is 4.57 Å². The predicted octanol–water partition coefficient (Wildman–Crippen LogP) is -0.103. The van der Waals surface area contributed by atoms with Crippen molar-refractivity contribution in [3.63, 3.8) is 0 Å². The van der Waals surface area contributed by atoms with Crippen LogP contribution in [0.4, 0.5) is 5.82 Å². The van der Waals surface area contributed by atoms with Crippen LogP contribution in [-0.2, 0) is 4.74 Å². The molecule has 0 amide bonds. The molecule has 0 bridgehead atoms. The van der Waals surface area contributed by atoms with Crippen molar-refractivity contribution in [3.05, 3.63) is 24.8 Å². The van der Waals surface area contributed by atoms with E-state index in [1.54, 1.807) is 6.33 Å². The number of rotatable bonds is 2. The summed E-state index contributed by atoms with van der Waals surface area (Å²) >= 11 is 0. The summed E-state index contributed by atoms with van der Waals surface area (Å²) in [4.78, 5) is 12.3. The fourth-order valence-corrected chi connectivity index (χ4v) is 2.16. The highest BCUT2D eigenvalue weighted by atomic mass is 16.5. The van der Waals surface area contributed by atoms with E-state index in [4.69, 9.17) is 15.6 Å². The van der Waals surface area contributed by atoms with Crippen molar-refractivity contribution >= 4 is 17.0 Å².